The van der Waals surface area contributed by atoms with Gasteiger partial charge in [0.25, 0.3) is 5.69 Å². The molecule has 18 heavy (non-hydrogen) atoms. The Morgan fingerprint density at radius 1 is 1.44 bits per heavy atom. The second-order valence-corrected chi connectivity index (χ2v) is 4.34. The zero-order valence-electron chi connectivity index (χ0n) is 9.78. The highest BCUT2D eigenvalue weighted by Gasteiger charge is 2.31. The van der Waals surface area contributed by atoms with Crippen molar-refractivity contribution in [3.05, 3.63) is 35.3 Å². The molecule has 0 radical (unpaired) electrons. The van der Waals surface area contributed by atoms with Crippen molar-refractivity contribution in [1.29, 1.82) is 0 Å². The lowest BCUT2D eigenvalue weighted by Gasteiger charge is -2.29. The van der Waals surface area contributed by atoms with E-state index in [1.807, 2.05) is 0 Å². The standard InChI is InChI=1S/C12H14N2O4/c15-11(10-5-1-2-7-14(10)18)13-6-3-4-9(8-13)12(16)17/h1-2,5,7,9H,3-4,6,8H2,(H,16,17). The van der Waals surface area contributed by atoms with Crippen molar-refractivity contribution in [3.8, 4) is 0 Å². The normalized spacial score (nSPS) is 19.6. The number of aliphatic carboxylic acids is 1. The van der Waals surface area contributed by atoms with Gasteiger partial charge in [0, 0.05) is 25.2 Å². The molecule has 1 unspecified atom stereocenters. The van der Waals surface area contributed by atoms with Crippen LogP contribution < -0.4 is 4.73 Å². The molecular weight excluding hydrogens is 236 g/mol. The molecule has 1 aliphatic rings. The van der Waals surface area contributed by atoms with Crippen LogP contribution in [0.25, 0.3) is 0 Å². The summed E-state index contributed by atoms with van der Waals surface area (Å²) in [6.07, 6.45) is 2.48. The van der Waals surface area contributed by atoms with Crippen LogP contribution in [0.15, 0.2) is 24.4 Å². The quantitative estimate of drug-likeness (QED) is 0.602. The summed E-state index contributed by atoms with van der Waals surface area (Å²) >= 11 is 0. The minimum absolute atomic E-state index is 0.0311. The summed E-state index contributed by atoms with van der Waals surface area (Å²) in [5, 5.41) is 20.4. The van der Waals surface area contributed by atoms with E-state index < -0.39 is 17.8 Å². The average Bonchev–Trinajstić information content (AvgIpc) is 2.38. The van der Waals surface area contributed by atoms with E-state index in [1.165, 1.54) is 17.2 Å². The molecule has 0 saturated carbocycles. The van der Waals surface area contributed by atoms with Crippen LogP contribution in [0.2, 0.25) is 0 Å². The van der Waals surface area contributed by atoms with Crippen LogP contribution >= 0.6 is 0 Å². The predicted octanol–water partition coefficient (Wildman–Crippen LogP) is 0.257. The minimum atomic E-state index is -0.893. The fourth-order valence-corrected chi connectivity index (χ4v) is 2.12. The molecule has 2 heterocycles. The molecule has 1 N–H and O–H groups in total. The van der Waals surface area contributed by atoms with E-state index in [1.54, 1.807) is 12.1 Å². The Hall–Kier alpha value is -2.11. The number of carboxylic acid groups (broad SMARTS) is 1. The summed E-state index contributed by atoms with van der Waals surface area (Å²) in [5.74, 6) is -1.83. The smallest absolute Gasteiger partial charge is 0.319 e. The minimum Gasteiger partial charge on any atom is -0.618 e. The van der Waals surface area contributed by atoms with E-state index in [4.69, 9.17) is 5.11 Å². The Balaban J connectivity index is 2.14. The third-order valence-electron chi connectivity index (χ3n) is 3.10. The fraction of sp³-hybridized carbons (Fsp3) is 0.417. The van der Waals surface area contributed by atoms with Gasteiger partial charge in [-0.05, 0) is 18.9 Å². The summed E-state index contributed by atoms with van der Waals surface area (Å²) in [7, 11) is 0. The molecule has 6 nitrogen and oxygen atoms in total. The number of aromatic nitrogens is 1. The van der Waals surface area contributed by atoms with Crippen molar-refractivity contribution in [2.45, 2.75) is 12.8 Å². The zero-order valence-corrected chi connectivity index (χ0v) is 9.78. The Morgan fingerprint density at radius 3 is 2.89 bits per heavy atom. The van der Waals surface area contributed by atoms with Gasteiger partial charge in [-0.1, -0.05) is 0 Å². The fourth-order valence-electron chi connectivity index (χ4n) is 2.12. The van der Waals surface area contributed by atoms with Gasteiger partial charge in [-0.25, -0.2) is 0 Å². The number of pyridine rings is 1. The molecule has 0 aromatic carbocycles. The molecule has 2 rings (SSSR count). The van der Waals surface area contributed by atoms with Crippen LogP contribution in [0.4, 0.5) is 0 Å². The Morgan fingerprint density at radius 2 is 2.22 bits per heavy atom. The first-order valence-corrected chi connectivity index (χ1v) is 5.80. The van der Waals surface area contributed by atoms with Crippen LogP contribution in [-0.4, -0.2) is 35.0 Å². The number of hydrogen-bond acceptors (Lipinski definition) is 3. The van der Waals surface area contributed by atoms with E-state index in [0.717, 1.165) is 0 Å². The van der Waals surface area contributed by atoms with Crippen molar-refractivity contribution in [2.75, 3.05) is 13.1 Å². The Labute approximate surface area is 104 Å². The van der Waals surface area contributed by atoms with Crippen molar-refractivity contribution < 1.29 is 19.4 Å². The number of carboxylic acids is 1. The van der Waals surface area contributed by atoms with Crippen molar-refractivity contribution in [1.82, 2.24) is 4.90 Å². The lowest BCUT2D eigenvalue weighted by molar-refractivity contribution is -0.608. The molecule has 96 valence electrons. The summed E-state index contributed by atoms with van der Waals surface area (Å²) < 4.78 is 0.507. The molecule has 0 bridgehead atoms. The van der Waals surface area contributed by atoms with Gasteiger partial charge in [-0.3, -0.25) is 9.59 Å². The highest BCUT2D eigenvalue weighted by Crippen LogP contribution is 2.17. The number of carbonyl (C=O) groups is 2. The van der Waals surface area contributed by atoms with Gasteiger partial charge in [0.1, 0.15) is 0 Å². The first-order chi connectivity index (χ1) is 8.59. The molecule has 1 atom stereocenters. The van der Waals surface area contributed by atoms with E-state index in [0.29, 0.717) is 24.1 Å². The van der Waals surface area contributed by atoms with Crippen molar-refractivity contribution in [3.63, 3.8) is 0 Å². The number of amides is 1. The first kappa shape index (κ1) is 12.3. The molecular formula is C12H14N2O4. The van der Waals surface area contributed by atoms with Crippen LogP contribution in [0.3, 0.4) is 0 Å². The third-order valence-corrected chi connectivity index (χ3v) is 3.10. The highest BCUT2D eigenvalue weighted by atomic mass is 16.5. The summed E-state index contributed by atoms with van der Waals surface area (Å²) in [5.41, 5.74) is 0.0311. The Bertz CT molecular complexity index is 475. The molecule has 1 aromatic rings. The number of piperidine rings is 1. The number of likely N-dealkylation sites (tertiary alicyclic amines) is 1. The first-order valence-electron chi connectivity index (χ1n) is 5.80. The topological polar surface area (TPSA) is 84.5 Å². The van der Waals surface area contributed by atoms with Crippen LogP contribution in [0.1, 0.15) is 23.3 Å². The van der Waals surface area contributed by atoms with Gasteiger partial charge >= 0.3 is 11.9 Å². The third kappa shape index (κ3) is 2.42. The summed E-state index contributed by atoms with van der Waals surface area (Å²) in [4.78, 5) is 24.5. The molecule has 1 saturated heterocycles. The monoisotopic (exact) mass is 250 g/mol. The van der Waals surface area contributed by atoms with Crippen LogP contribution in [-0.2, 0) is 4.79 Å². The summed E-state index contributed by atoms with van der Waals surface area (Å²) in [6.45, 7) is 0.667. The number of carbonyl (C=O) groups excluding carboxylic acids is 1. The lowest BCUT2D eigenvalue weighted by Crippen LogP contribution is -2.46. The number of hydrogen-bond donors (Lipinski definition) is 1. The molecule has 1 fully saturated rings. The molecule has 1 amide bonds. The molecule has 1 aliphatic heterocycles. The second-order valence-electron chi connectivity index (χ2n) is 4.34. The van der Waals surface area contributed by atoms with Gasteiger partial charge in [0.2, 0.25) is 0 Å². The maximum atomic E-state index is 12.1. The van der Waals surface area contributed by atoms with Gasteiger partial charge in [0.05, 0.1) is 5.92 Å². The van der Waals surface area contributed by atoms with Gasteiger partial charge in [-0.15, -0.1) is 0 Å². The van der Waals surface area contributed by atoms with Gasteiger partial charge < -0.3 is 15.2 Å². The highest BCUT2D eigenvalue weighted by molar-refractivity contribution is 5.91. The Kier molecular flexibility index (Phi) is 3.45. The molecule has 0 spiro atoms. The van der Waals surface area contributed by atoms with Crippen molar-refractivity contribution in [2.24, 2.45) is 5.92 Å². The molecule has 6 heteroatoms. The number of nitrogens with zero attached hydrogens (tertiary/aromatic N) is 2. The maximum absolute atomic E-state index is 12.1. The van der Waals surface area contributed by atoms with Gasteiger partial charge in [-0.2, -0.15) is 4.73 Å². The van der Waals surface area contributed by atoms with E-state index in [-0.39, 0.29) is 12.2 Å². The van der Waals surface area contributed by atoms with Crippen LogP contribution in [0, 0.1) is 11.1 Å². The van der Waals surface area contributed by atoms with Crippen molar-refractivity contribution >= 4 is 11.9 Å². The zero-order chi connectivity index (χ0) is 13.1. The van der Waals surface area contributed by atoms with E-state index in [9.17, 15) is 14.8 Å². The van der Waals surface area contributed by atoms with Gasteiger partial charge in [0.15, 0.2) is 6.20 Å². The molecule has 0 aliphatic carbocycles. The van der Waals surface area contributed by atoms with Crippen LogP contribution in [0.5, 0.6) is 0 Å². The average molecular weight is 250 g/mol. The maximum Gasteiger partial charge on any atom is 0.319 e. The predicted molar refractivity (Wildman–Crippen MR) is 61.7 cm³/mol. The number of rotatable bonds is 2. The van der Waals surface area contributed by atoms with E-state index >= 15 is 0 Å². The second kappa shape index (κ2) is 5.03. The lowest BCUT2D eigenvalue weighted by atomic mass is 9.98. The summed E-state index contributed by atoms with van der Waals surface area (Å²) in [6, 6.07) is 4.60. The molecule has 1 aromatic heterocycles. The van der Waals surface area contributed by atoms with E-state index in [2.05, 4.69) is 0 Å². The largest absolute Gasteiger partial charge is 0.618 e. The SMILES string of the molecule is O=C(O)C1CCCN(C(=O)c2cccc[n+]2[O-])C1.